The number of hydrogen-bond acceptors (Lipinski definition) is 1. The number of benzene rings is 1. The van der Waals surface area contributed by atoms with Gasteiger partial charge in [0.15, 0.2) is 0 Å². The van der Waals surface area contributed by atoms with E-state index in [-0.39, 0.29) is 0 Å². The van der Waals surface area contributed by atoms with E-state index in [4.69, 9.17) is 5.11 Å². The molecule has 1 aromatic carbocycles. The Morgan fingerprint density at radius 2 is 1.80 bits per heavy atom. The van der Waals surface area contributed by atoms with Crippen molar-refractivity contribution in [2.24, 2.45) is 0 Å². The van der Waals surface area contributed by atoms with Crippen LogP contribution in [0.4, 0.5) is 0 Å². The summed E-state index contributed by atoms with van der Waals surface area (Å²) in [5, 5.41) is 8.92. The van der Waals surface area contributed by atoms with Crippen LogP contribution in [-0.4, -0.2) is 11.1 Å². The van der Waals surface area contributed by atoms with Crippen LogP contribution in [-0.2, 0) is 4.79 Å². The fourth-order valence-electron chi connectivity index (χ4n) is 1.50. The first-order valence-corrected chi connectivity index (χ1v) is 4.92. The van der Waals surface area contributed by atoms with Gasteiger partial charge in [0.05, 0.1) is 0 Å². The smallest absolute Gasteiger partial charge is 0.331 e. The topological polar surface area (TPSA) is 37.3 Å². The zero-order chi connectivity index (χ0) is 11.6. The van der Waals surface area contributed by atoms with Crippen molar-refractivity contribution in [3.63, 3.8) is 0 Å². The maximum atomic E-state index is 10.9. The predicted octanol–water partition coefficient (Wildman–Crippen LogP) is 3.18. The second-order valence-corrected chi connectivity index (χ2v) is 3.87. The highest BCUT2D eigenvalue weighted by Crippen LogP contribution is 2.22. The van der Waals surface area contributed by atoms with Crippen LogP contribution in [0.25, 0.3) is 5.57 Å². The van der Waals surface area contributed by atoms with Gasteiger partial charge in [-0.3, -0.25) is 0 Å². The fourth-order valence-corrected chi connectivity index (χ4v) is 1.50. The lowest BCUT2D eigenvalue weighted by Crippen LogP contribution is -2.00. The highest BCUT2D eigenvalue weighted by atomic mass is 16.4. The van der Waals surface area contributed by atoms with E-state index in [9.17, 15) is 4.79 Å². The summed E-state index contributed by atoms with van der Waals surface area (Å²) in [6.07, 6.45) is 0. The van der Waals surface area contributed by atoms with Crippen LogP contribution in [0.15, 0.2) is 23.8 Å². The van der Waals surface area contributed by atoms with E-state index in [2.05, 4.69) is 0 Å². The summed E-state index contributed by atoms with van der Waals surface area (Å²) in [7, 11) is 0. The molecule has 15 heavy (non-hydrogen) atoms. The van der Waals surface area contributed by atoms with E-state index in [0.29, 0.717) is 5.57 Å². The summed E-state index contributed by atoms with van der Waals surface area (Å²) >= 11 is 0. The summed E-state index contributed by atoms with van der Waals surface area (Å²) in [6.45, 7) is 7.49. The minimum Gasteiger partial charge on any atom is -0.478 e. The van der Waals surface area contributed by atoms with Crippen molar-refractivity contribution in [3.05, 3.63) is 40.5 Å². The molecule has 0 radical (unpaired) electrons. The van der Waals surface area contributed by atoms with Gasteiger partial charge in [0.1, 0.15) is 0 Å². The molecule has 1 aromatic rings. The van der Waals surface area contributed by atoms with Crippen molar-refractivity contribution in [1.82, 2.24) is 0 Å². The Bertz CT molecular complexity index is 428. The van der Waals surface area contributed by atoms with E-state index in [1.165, 1.54) is 0 Å². The molecule has 0 heterocycles. The minimum absolute atomic E-state index is 0.406. The van der Waals surface area contributed by atoms with Crippen LogP contribution in [0.2, 0.25) is 0 Å². The normalized spacial score (nSPS) is 12.3. The third kappa shape index (κ3) is 2.46. The van der Waals surface area contributed by atoms with Crippen LogP contribution < -0.4 is 0 Å². The van der Waals surface area contributed by atoms with E-state index >= 15 is 0 Å². The first-order valence-electron chi connectivity index (χ1n) is 4.92. The van der Waals surface area contributed by atoms with Gasteiger partial charge in [0.25, 0.3) is 0 Å². The second kappa shape index (κ2) is 4.30. The molecular formula is C13H16O2. The van der Waals surface area contributed by atoms with Gasteiger partial charge >= 0.3 is 5.97 Å². The number of hydrogen-bond donors (Lipinski definition) is 1. The highest BCUT2D eigenvalue weighted by molar-refractivity contribution is 5.95. The SMILES string of the molecule is C/C(C(=O)O)=C(/C)c1cc(C)ccc1C. The summed E-state index contributed by atoms with van der Waals surface area (Å²) in [5.74, 6) is -0.853. The average Bonchev–Trinajstić information content (AvgIpc) is 2.19. The molecule has 0 aromatic heterocycles. The first-order chi connectivity index (χ1) is 6.93. The van der Waals surface area contributed by atoms with E-state index in [0.717, 1.165) is 22.3 Å². The van der Waals surface area contributed by atoms with Crippen LogP contribution in [0.1, 0.15) is 30.5 Å². The molecule has 1 rings (SSSR count). The molecule has 0 spiro atoms. The molecule has 0 saturated carbocycles. The van der Waals surface area contributed by atoms with Gasteiger partial charge in [-0.05, 0) is 44.4 Å². The third-order valence-corrected chi connectivity index (χ3v) is 2.68. The molecule has 0 aliphatic heterocycles. The van der Waals surface area contributed by atoms with Gasteiger partial charge in [0.2, 0.25) is 0 Å². The van der Waals surface area contributed by atoms with Gasteiger partial charge in [-0.25, -0.2) is 4.79 Å². The zero-order valence-electron chi connectivity index (χ0n) is 9.59. The van der Waals surface area contributed by atoms with Crippen LogP contribution in [0, 0.1) is 13.8 Å². The largest absolute Gasteiger partial charge is 0.478 e. The molecule has 2 heteroatoms. The summed E-state index contributed by atoms with van der Waals surface area (Å²) in [4.78, 5) is 10.9. The summed E-state index contributed by atoms with van der Waals surface area (Å²) in [5.41, 5.74) is 4.52. The molecular weight excluding hydrogens is 188 g/mol. The Labute approximate surface area is 90.3 Å². The van der Waals surface area contributed by atoms with Gasteiger partial charge in [-0.2, -0.15) is 0 Å². The van der Waals surface area contributed by atoms with Crippen molar-refractivity contribution in [1.29, 1.82) is 0 Å². The lowest BCUT2D eigenvalue weighted by Gasteiger charge is -2.09. The number of aliphatic carboxylic acids is 1. The molecule has 0 amide bonds. The van der Waals surface area contributed by atoms with Crippen LogP contribution >= 0.6 is 0 Å². The maximum absolute atomic E-state index is 10.9. The number of aryl methyl sites for hydroxylation is 2. The highest BCUT2D eigenvalue weighted by Gasteiger charge is 2.09. The zero-order valence-corrected chi connectivity index (χ0v) is 9.59. The van der Waals surface area contributed by atoms with Crippen molar-refractivity contribution in [3.8, 4) is 0 Å². The molecule has 2 nitrogen and oxygen atoms in total. The first kappa shape index (κ1) is 11.5. The Kier molecular flexibility index (Phi) is 3.30. The van der Waals surface area contributed by atoms with Crippen molar-refractivity contribution < 1.29 is 9.90 Å². The average molecular weight is 204 g/mol. The van der Waals surface area contributed by atoms with E-state index < -0.39 is 5.97 Å². The van der Waals surface area contributed by atoms with Gasteiger partial charge < -0.3 is 5.11 Å². The third-order valence-electron chi connectivity index (χ3n) is 2.68. The quantitative estimate of drug-likeness (QED) is 0.751. The lowest BCUT2D eigenvalue weighted by atomic mass is 9.96. The molecule has 0 saturated heterocycles. The van der Waals surface area contributed by atoms with Crippen LogP contribution in [0.5, 0.6) is 0 Å². The molecule has 80 valence electrons. The standard InChI is InChI=1S/C13H16O2/c1-8-5-6-9(2)12(7-8)10(3)11(4)13(14)15/h5-7H,1-4H3,(H,14,15)/b11-10+. The molecule has 0 atom stereocenters. The minimum atomic E-state index is -0.853. The van der Waals surface area contributed by atoms with Gasteiger partial charge in [0, 0.05) is 5.57 Å². The van der Waals surface area contributed by atoms with Crippen LogP contribution in [0.3, 0.4) is 0 Å². The number of rotatable bonds is 2. The Morgan fingerprint density at radius 3 is 2.33 bits per heavy atom. The summed E-state index contributed by atoms with van der Waals surface area (Å²) < 4.78 is 0. The van der Waals surface area contributed by atoms with Crippen molar-refractivity contribution in [2.45, 2.75) is 27.7 Å². The monoisotopic (exact) mass is 204 g/mol. The molecule has 0 fully saturated rings. The molecule has 0 aliphatic rings. The Hall–Kier alpha value is -1.57. The molecule has 0 aliphatic carbocycles. The summed E-state index contributed by atoms with van der Waals surface area (Å²) in [6, 6.07) is 6.07. The second-order valence-electron chi connectivity index (χ2n) is 3.87. The Morgan fingerprint density at radius 1 is 1.20 bits per heavy atom. The van der Waals surface area contributed by atoms with Crippen molar-refractivity contribution >= 4 is 11.5 Å². The fraction of sp³-hybridized carbons (Fsp3) is 0.308. The van der Waals surface area contributed by atoms with E-state index in [1.807, 2.05) is 39.0 Å². The molecule has 0 bridgehead atoms. The maximum Gasteiger partial charge on any atom is 0.331 e. The lowest BCUT2D eigenvalue weighted by molar-refractivity contribution is -0.132. The Balaban J connectivity index is 3.33. The van der Waals surface area contributed by atoms with E-state index in [1.54, 1.807) is 6.92 Å². The molecule has 0 unspecified atom stereocenters. The predicted molar refractivity (Wildman–Crippen MR) is 61.8 cm³/mol. The van der Waals surface area contributed by atoms with Crippen molar-refractivity contribution in [2.75, 3.05) is 0 Å². The number of carboxylic acid groups (broad SMARTS) is 1. The van der Waals surface area contributed by atoms with Gasteiger partial charge in [-0.15, -0.1) is 0 Å². The van der Waals surface area contributed by atoms with Gasteiger partial charge in [-0.1, -0.05) is 23.8 Å². The number of carboxylic acids is 1. The number of allylic oxidation sites excluding steroid dienone is 1. The molecule has 1 N–H and O–H groups in total. The number of carbonyl (C=O) groups is 1.